The molecule has 1 aromatic heterocycles. The van der Waals surface area contributed by atoms with Crippen molar-refractivity contribution in [3.63, 3.8) is 0 Å². The van der Waals surface area contributed by atoms with Crippen LogP contribution in [0.1, 0.15) is 23.0 Å². The molecule has 132 valence electrons. The van der Waals surface area contributed by atoms with E-state index in [1.807, 2.05) is 61.5 Å². The van der Waals surface area contributed by atoms with Crippen molar-refractivity contribution in [3.8, 4) is 5.75 Å². The number of ether oxygens (including phenoxy) is 1. The average molecular weight is 348 g/mol. The molecule has 1 amide bonds. The van der Waals surface area contributed by atoms with Crippen LogP contribution in [-0.2, 0) is 6.54 Å². The fraction of sp³-hybridized carbons (Fsp3) is 0.150. The van der Waals surface area contributed by atoms with Gasteiger partial charge in [-0.3, -0.25) is 4.79 Å². The van der Waals surface area contributed by atoms with E-state index in [-0.39, 0.29) is 5.91 Å². The lowest BCUT2D eigenvalue weighted by atomic mass is 10.2. The molecule has 0 radical (unpaired) electrons. The van der Waals surface area contributed by atoms with E-state index < -0.39 is 0 Å². The van der Waals surface area contributed by atoms with Crippen LogP contribution in [0.4, 0.5) is 11.6 Å². The van der Waals surface area contributed by atoms with Crippen LogP contribution >= 0.6 is 0 Å². The van der Waals surface area contributed by atoms with E-state index in [0.29, 0.717) is 30.5 Å². The van der Waals surface area contributed by atoms with E-state index in [2.05, 4.69) is 20.6 Å². The average Bonchev–Trinajstić information content (AvgIpc) is 2.69. The van der Waals surface area contributed by atoms with Crippen LogP contribution in [0.3, 0.4) is 0 Å². The maximum absolute atomic E-state index is 12.3. The highest BCUT2D eigenvalue weighted by Gasteiger charge is 2.10. The first kappa shape index (κ1) is 17.4. The van der Waals surface area contributed by atoms with Gasteiger partial charge in [-0.2, -0.15) is 0 Å². The maximum Gasteiger partial charge on any atom is 0.270 e. The van der Waals surface area contributed by atoms with Crippen molar-refractivity contribution in [1.82, 2.24) is 15.3 Å². The molecule has 6 nitrogen and oxygen atoms in total. The summed E-state index contributed by atoms with van der Waals surface area (Å²) in [7, 11) is 0. The number of hydrogen-bond donors (Lipinski definition) is 2. The molecule has 0 unspecified atom stereocenters. The Kier molecular flexibility index (Phi) is 5.77. The van der Waals surface area contributed by atoms with Crippen LogP contribution in [0.2, 0.25) is 0 Å². The van der Waals surface area contributed by atoms with Crippen molar-refractivity contribution in [2.24, 2.45) is 0 Å². The summed E-state index contributed by atoms with van der Waals surface area (Å²) >= 11 is 0. The Morgan fingerprint density at radius 2 is 1.81 bits per heavy atom. The molecule has 26 heavy (non-hydrogen) atoms. The molecular formula is C20H20N4O2. The Labute approximate surface area is 152 Å². The van der Waals surface area contributed by atoms with E-state index in [4.69, 9.17) is 4.74 Å². The highest BCUT2D eigenvalue weighted by atomic mass is 16.5. The minimum absolute atomic E-state index is 0.252. The molecule has 0 aliphatic rings. The fourth-order valence-electron chi connectivity index (χ4n) is 2.39. The summed E-state index contributed by atoms with van der Waals surface area (Å²) in [6, 6.07) is 18.8. The first-order chi connectivity index (χ1) is 12.8. The number of aromatic nitrogens is 2. The van der Waals surface area contributed by atoms with Crippen LogP contribution in [0.5, 0.6) is 5.75 Å². The molecule has 0 aliphatic carbocycles. The molecule has 2 aromatic carbocycles. The third kappa shape index (κ3) is 4.57. The first-order valence-electron chi connectivity index (χ1n) is 8.40. The fourth-order valence-corrected chi connectivity index (χ4v) is 2.39. The molecule has 0 saturated heterocycles. The monoisotopic (exact) mass is 348 g/mol. The van der Waals surface area contributed by atoms with Gasteiger partial charge >= 0.3 is 0 Å². The van der Waals surface area contributed by atoms with Crippen molar-refractivity contribution < 1.29 is 9.53 Å². The van der Waals surface area contributed by atoms with Gasteiger partial charge in [-0.25, -0.2) is 9.97 Å². The van der Waals surface area contributed by atoms with Crippen molar-refractivity contribution in [2.75, 3.05) is 11.9 Å². The van der Waals surface area contributed by atoms with Gasteiger partial charge < -0.3 is 15.4 Å². The first-order valence-corrected chi connectivity index (χ1v) is 8.40. The predicted octanol–water partition coefficient (Wildman–Crippen LogP) is 3.55. The van der Waals surface area contributed by atoms with E-state index in [9.17, 15) is 4.79 Å². The largest absolute Gasteiger partial charge is 0.492 e. The number of hydrogen-bond acceptors (Lipinski definition) is 5. The Bertz CT molecular complexity index is 868. The number of para-hydroxylation sites is 2. The van der Waals surface area contributed by atoms with Gasteiger partial charge in [0.15, 0.2) is 0 Å². The molecule has 2 N–H and O–H groups in total. The van der Waals surface area contributed by atoms with Crippen LogP contribution in [0, 0.1) is 0 Å². The lowest BCUT2D eigenvalue weighted by Gasteiger charge is -2.11. The molecular weight excluding hydrogens is 328 g/mol. The molecule has 0 aliphatic heterocycles. The van der Waals surface area contributed by atoms with Crippen LogP contribution < -0.4 is 15.4 Å². The highest BCUT2D eigenvalue weighted by molar-refractivity contribution is 5.92. The summed E-state index contributed by atoms with van der Waals surface area (Å²) in [5, 5.41) is 5.96. The minimum atomic E-state index is -0.252. The Morgan fingerprint density at radius 1 is 1.04 bits per heavy atom. The van der Waals surface area contributed by atoms with Gasteiger partial charge in [-0.15, -0.1) is 0 Å². The van der Waals surface area contributed by atoms with Crippen LogP contribution in [0.25, 0.3) is 0 Å². The van der Waals surface area contributed by atoms with Gasteiger partial charge in [-0.05, 0) is 30.7 Å². The third-order valence-electron chi connectivity index (χ3n) is 3.62. The predicted molar refractivity (Wildman–Crippen MR) is 101 cm³/mol. The number of nitrogens with zero attached hydrogens (tertiary/aromatic N) is 2. The van der Waals surface area contributed by atoms with E-state index >= 15 is 0 Å². The summed E-state index contributed by atoms with van der Waals surface area (Å²) in [6.45, 7) is 2.92. The number of nitrogens with one attached hydrogen (secondary N) is 2. The summed E-state index contributed by atoms with van der Waals surface area (Å²) in [4.78, 5) is 20.8. The summed E-state index contributed by atoms with van der Waals surface area (Å²) in [5.74, 6) is 0.791. The zero-order chi connectivity index (χ0) is 18.2. The number of rotatable bonds is 7. The number of anilines is 2. The molecule has 0 atom stereocenters. The van der Waals surface area contributed by atoms with Crippen molar-refractivity contribution in [1.29, 1.82) is 0 Å². The summed E-state index contributed by atoms with van der Waals surface area (Å²) in [5.41, 5.74) is 2.07. The second kappa shape index (κ2) is 8.62. The number of carbonyl (C=O) groups is 1. The molecule has 0 spiro atoms. The van der Waals surface area contributed by atoms with E-state index in [1.54, 1.807) is 12.3 Å². The zero-order valence-corrected chi connectivity index (χ0v) is 14.5. The van der Waals surface area contributed by atoms with Crippen LogP contribution in [0.15, 0.2) is 66.9 Å². The van der Waals surface area contributed by atoms with Gasteiger partial charge in [-0.1, -0.05) is 42.5 Å². The lowest BCUT2D eigenvalue weighted by Crippen LogP contribution is -2.24. The summed E-state index contributed by atoms with van der Waals surface area (Å²) in [6.07, 6.45) is 1.55. The Morgan fingerprint density at radius 3 is 2.62 bits per heavy atom. The zero-order valence-electron chi connectivity index (χ0n) is 14.5. The van der Waals surface area contributed by atoms with Crippen LogP contribution in [-0.4, -0.2) is 22.5 Å². The van der Waals surface area contributed by atoms with Gasteiger partial charge in [0.05, 0.1) is 12.3 Å². The molecule has 0 fully saturated rings. The standard InChI is InChI=1S/C20H20N4O2/c1-2-26-18-11-7-6-10-16(18)23-20-21-13-12-17(24-20)19(25)22-14-15-8-4-3-5-9-15/h3-13H,2,14H2,1H3,(H,22,25)(H,21,23,24). The topological polar surface area (TPSA) is 76.1 Å². The van der Waals surface area contributed by atoms with E-state index in [0.717, 1.165) is 11.3 Å². The van der Waals surface area contributed by atoms with Gasteiger partial charge in [0.25, 0.3) is 5.91 Å². The van der Waals surface area contributed by atoms with Crippen molar-refractivity contribution in [3.05, 3.63) is 78.1 Å². The molecule has 3 rings (SSSR count). The second-order valence-electron chi connectivity index (χ2n) is 5.49. The SMILES string of the molecule is CCOc1ccccc1Nc1nccc(C(=O)NCc2ccccc2)n1. The Balaban J connectivity index is 1.69. The maximum atomic E-state index is 12.3. The summed E-state index contributed by atoms with van der Waals surface area (Å²) < 4.78 is 5.58. The molecule has 0 saturated carbocycles. The molecule has 0 bridgehead atoms. The molecule has 1 heterocycles. The van der Waals surface area contributed by atoms with Gasteiger partial charge in [0, 0.05) is 12.7 Å². The number of benzene rings is 2. The second-order valence-corrected chi connectivity index (χ2v) is 5.49. The Hall–Kier alpha value is -3.41. The van der Waals surface area contributed by atoms with Crippen molar-refractivity contribution >= 4 is 17.5 Å². The third-order valence-corrected chi connectivity index (χ3v) is 3.62. The quantitative estimate of drug-likeness (QED) is 0.683. The smallest absolute Gasteiger partial charge is 0.270 e. The van der Waals surface area contributed by atoms with Gasteiger partial charge in [0.1, 0.15) is 11.4 Å². The minimum Gasteiger partial charge on any atom is -0.492 e. The van der Waals surface area contributed by atoms with E-state index in [1.165, 1.54) is 0 Å². The molecule has 6 heteroatoms. The lowest BCUT2D eigenvalue weighted by molar-refractivity contribution is 0.0946. The number of amides is 1. The highest BCUT2D eigenvalue weighted by Crippen LogP contribution is 2.25. The van der Waals surface area contributed by atoms with Gasteiger partial charge in [0.2, 0.25) is 5.95 Å². The molecule has 3 aromatic rings. The normalized spacial score (nSPS) is 10.2. The van der Waals surface area contributed by atoms with Crippen molar-refractivity contribution in [2.45, 2.75) is 13.5 Å². The number of carbonyl (C=O) groups excluding carboxylic acids is 1.